The van der Waals surface area contributed by atoms with Gasteiger partial charge in [0.25, 0.3) is 0 Å². The fraction of sp³-hybridized carbons (Fsp3) is 0.667. The molecule has 0 fully saturated rings. The Morgan fingerprint density at radius 1 is 1.20 bits per heavy atom. The van der Waals surface area contributed by atoms with E-state index in [4.69, 9.17) is 11.7 Å². The number of carbonyl (C=O) groups is 1. The number of carbonyl (C=O) groups excluding carboxylic acids is 1. The Labute approximate surface area is 70.1 Å². The number of thiol groups is 2. The standard InChI is InChI=1S/C3H10N4OS2/c4-6(1-9)3(8)7(5)2-10/h9-10H,1-2,4-5H2. The maximum absolute atomic E-state index is 10.8. The minimum Gasteiger partial charge on any atom is -0.251 e. The van der Waals surface area contributed by atoms with Crippen LogP contribution >= 0.6 is 25.3 Å². The highest BCUT2D eigenvalue weighted by atomic mass is 32.1. The third kappa shape index (κ3) is 2.65. The first-order valence-corrected chi connectivity index (χ1v) is 3.70. The Morgan fingerprint density at radius 3 is 1.70 bits per heavy atom. The molecule has 0 bridgehead atoms. The second kappa shape index (κ2) is 4.67. The zero-order chi connectivity index (χ0) is 8.15. The molecule has 10 heavy (non-hydrogen) atoms. The molecule has 0 aliphatic heterocycles. The smallest absolute Gasteiger partial charge is 0.251 e. The second-order valence-electron chi connectivity index (χ2n) is 1.50. The summed E-state index contributed by atoms with van der Waals surface area (Å²) < 4.78 is 0. The fourth-order valence-corrected chi connectivity index (χ4v) is 0.528. The van der Waals surface area contributed by atoms with Gasteiger partial charge in [-0.15, -0.1) is 0 Å². The van der Waals surface area contributed by atoms with Crippen LogP contribution in [-0.4, -0.2) is 27.8 Å². The summed E-state index contributed by atoms with van der Waals surface area (Å²) in [5, 5.41) is 1.75. The van der Waals surface area contributed by atoms with Gasteiger partial charge in [0.15, 0.2) is 0 Å². The van der Waals surface area contributed by atoms with Gasteiger partial charge in [0.2, 0.25) is 0 Å². The molecule has 5 nitrogen and oxygen atoms in total. The first-order valence-electron chi connectivity index (χ1n) is 2.43. The average molecular weight is 182 g/mol. The van der Waals surface area contributed by atoms with Crippen molar-refractivity contribution < 1.29 is 4.79 Å². The summed E-state index contributed by atoms with van der Waals surface area (Å²) in [7, 11) is 0. The summed E-state index contributed by atoms with van der Waals surface area (Å²) in [6.07, 6.45) is 0. The van der Waals surface area contributed by atoms with Gasteiger partial charge < -0.3 is 0 Å². The van der Waals surface area contributed by atoms with Gasteiger partial charge in [-0.2, -0.15) is 25.3 Å². The van der Waals surface area contributed by atoms with Crippen molar-refractivity contribution in [3.8, 4) is 0 Å². The Balaban J connectivity index is 3.82. The van der Waals surface area contributed by atoms with Gasteiger partial charge in [-0.25, -0.2) is 16.5 Å². The zero-order valence-corrected chi connectivity index (χ0v) is 7.05. The Hall–Kier alpha value is -0.110. The molecule has 0 radical (unpaired) electrons. The van der Waals surface area contributed by atoms with Crippen LogP contribution in [0.2, 0.25) is 0 Å². The molecule has 0 aromatic rings. The van der Waals surface area contributed by atoms with Crippen molar-refractivity contribution in [2.24, 2.45) is 11.7 Å². The SMILES string of the molecule is NN(CS)C(=O)N(N)CS. The molecule has 0 aromatic heterocycles. The molecule has 60 valence electrons. The van der Waals surface area contributed by atoms with E-state index in [1.165, 1.54) is 0 Å². The lowest BCUT2D eigenvalue weighted by Crippen LogP contribution is -2.49. The number of hydrazine groups is 2. The van der Waals surface area contributed by atoms with E-state index >= 15 is 0 Å². The summed E-state index contributed by atoms with van der Waals surface area (Å²) in [5.41, 5.74) is 0. The van der Waals surface area contributed by atoms with Crippen LogP contribution in [0.3, 0.4) is 0 Å². The Kier molecular flexibility index (Phi) is 4.62. The fourth-order valence-electron chi connectivity index (χ4n) is 0.286. The van der Waals surface area contributed by atoms with Gasteiger partial charge in [-0.05, 0) is 0 Å². The topological polar surface area (TPSA) is 75.6 Å². The van der Waals surface area contributed by atoms with Crippen molar-refractivity contribution in [2.75, 3.05) is 11.8 Å². The summed E-state index contributed by atoms with van der Waals surface area (Å²) in [6.45, 7) is 0. The van der Waals surface area contributed by atoms with E-state index in [1.807, 2.05) is 0 Å². The Morgan fingerprint density at radius 2 is 1.50 bits per heavy atom. The minimum absolute atomic E-state index is 0.125. The lowest BCUT2D eigenvalue weighted by Gasteiger charge is -2.20. The van der Waals surface area contributed by atoms with Crippen LogP contribution in [0.5, 0.6) is 0 Å². The van der Waals surface area contributed by atoms with Gasteiger partial charge in [0.1, 0.15) is 0 Å². The maximum atomic E-state index is 10.8. The zero-order valence-electron chi connectivity index (χ0n) is 5.27. The molecule has 0 aromatic carbocycles. The number of urea groups is 1. The normalized spacial score (nSPS) is 9.20. The highest BCUT2D eigenvalue weighted by Gasteiger charge is 2.11. The molecule has 4 N–H and O–H groups in total. The van der Waals surface area contributed by atoms with E-state index in [0.29, 0.717) is 0 Å². The second-order valence-corrected chi connectivity index (χ2v) is 2.07. The minimum atomic E-state index is -0.509. The van der Waals surface area contributed by atoms with E-state index in [-0.39, 0.29) is 11.8 Å². The third-order valence-electron chi connectivity index (χ3n) is 0.796. The van der Waals surface area contributed by atoms with E-state index in [0.717, 1.165) is 10.0 Å². The van der Waals surface area contributed by atoms with E-state index < -0.39 is 6.03 Å². The molecule has 7 heteroatoms. The molecule has 0 saturated carbocycles. The molecule has 0 heterocycles. The predicted molar refractivity (Wildman–Crippen MR) is 45.2 cm³/mol. The summed E-state index contributed by atoms with van der Waals surface area (Å²) in [5.74, 6) is 10.5. The summed E-state index contributed by atoms with van der Waals surface area (Å²) in [4.78, 5) is 10.8. The number of nitrogens with zero attached hydrogens (tertiary/aromatic N) is 2. The summed E-state index contributed by atoms with van der Waals surface area (Å²) >= 11 is 7.52. The first-order chi connectivity index (χ1) is 4.63. The summed E-state index contributed by atoms with van der Waals surface area (Å²) in [6, 6.07) is -0.509. The number of hydrogen-bond donors (Lipinski definition) is 4. The van der Waals surface area contributed by atoms with E-state index in [2.05, 4.69) is 25.3 Å². The van der Waals surface area contributed by atoms with Gasteiger partial charge in [0.05, 0.1) is 11.8 Å². The molecule has 0 atom stereocenters. The quantitative estimate of drug-likeness (QED) is 0.149. The van der Waals surface area contributed by atoms with Crippen LogP contribution in [0, 0.1) is 0 Å². The molecule has 0 rings (SSSR count). The van der Waals surface area contributed by atoms with Crippen LogP contribution < -0.4 is 11.7 Å². The van der Waals surface area contributed by atoms with Gasteiger partial charge >= 0.3 is 6.03 Å². The predicted octanol–water partition coefficient (Wildman–Crippen LogP) is -0.768. The van der Waals surface area contributed by atoms with Crippen molar-refractivity contribution in [1.29, 1.82) is 0 Å². The average Bonchev–Trinajstić information content (AvgIpc) is 2.00. The third-order valence-corrected chi connectivity index (χ3v) is 1.41. The highest BCUT2D eigenvalue weighted by molar-refractivity contribution is 7.80. The molecule has 0 aliphatic carbocycles. The highest BCUT2D eigenvalue weighted by Crippen LogP contribution is 1.90. The molecule has 0 aliphatic rings. The van der Waals surface area contributed by atoms with Crippen LogP contribution in [0.25, 0.3) is 0 Å². The van der Waals surface area contributed by atoms with Gasteiger partial charge in [0, 0.05) is 0 Å². The molecular weight excluding hydrogens is 172 g/mol. The maximum Gasteiger partial charge on any atom is 0.349 e. The van der Waals surface area contributed by atoms with Crippen LogP contribution in [0.15, 0.2) is 0 Å². The molecule has 0 saturated heterocycles. The number of rotatable bonds is 2. The lowest BCUT2D eigenvalue weighted by molar-refractivity contribution is 0.170. The van der Waals surface area contributed by atoms with Crippen molar-refractivity contribution >= 4 is 31.3 Å². The van der Waals surface area contributed by atoms with Crippen molar-refractivity contribution in [3.05, 3.63) is 0 Å². The lowest BCUT2D eigenvalue weighted by atomic mass is 10.9. The van der Waals surface area contributed by atoms with Crippen LogP contribution in [0.4, 0.5) is 4.79 Å². The first kappa shape index (κ1) is 9.89. The molecule has 0 unspecified atom stereocenters. The molecule has 0 spiro atoms. The largest absolute Gasteiger partial charge is 0.349 e. The molecular formula is C3H10N4OS2. The van der Waals surface area contributed by atoms with E-state index in [1.54, 1.807) is 0 Å². The van der Waals surface area contributed by atoms with Crippen LogP contribution in [-0.2, 0) is 0 Å². The number of amides is 2. The van der Waals surface area contributed by atoms with Crippen molar-refractivity contribution in [1.82, 2.24) is 10.0 Å². The van der Waals surface area contributed by atoms with Crippen LogP contribution in [0.1, 0.15) is 0 Å². The van der Waals surface area contributed by atoms with E-state index in [9.17, 15) is 4.79 Å². The Bertz CT molecular complexity index is 109. The van der Waals surface area contributed by atoms with Crippen molar-refractivity contribution in [3.63, 3.8) is 0 Å². The van der Waals surface area contributed by atoms with Gasteiger partial charge in [-0.1, -0.05) is 0 Å². The van der Waals surface area contributed by atoms with Crippen molar-refractivity contribution in [2.45, 2.75) is 0 Å². The molecule has 2 amide bonds. The number of hydrogen-bond acceptors (Lipinski definition) is 5. The number of nitrogens with two attached hydrogens (primary N) is 2. The van der Waals surface area contributed by atoms with Gasteiger partial charge in [-0.3, -0.25) is 10.0 Å². The monoisotopic (exact) mass is 182 g/mol.